The molecule has 0 amide bonds. The van der Waals surface area contributed by atoms with Crippen LogP contribution >= 0.6 is 22.9 Å². The van der Waals surface area contributed by atoms with Gasteiger partial charge in [-0.15, -0.1) is 11.3 Å². The van der Waals surface area contributed by atoms with E-state index >= 15 is 0 Å². The number of hydrogen-bond acceptors (Lipinski definition) is 6. The zero-order chi connectivity index (χ0) is 13.4. The van der Waals surface area contributed by atoms with E-state index in [1.54, 1.807) is 5.38 Å². The second-order valence-electron chi connectivity index (χ2n) is 3.62. The molecule has 1 aromatic carbocycles. The summed E-state index contributed by atoms with van der Waals surface area (Å²) in [5, 5.41) is 5.93. The Hall–Kier alpha value is -1.99. The molecule has 2 heterocycles. The fourth-order valence-corrected chi connectivity index (χ4v) is 2.18. The SMILES string of the molecule is Nc1nc(-c2nc(-c3ccc(F)c(Cl)c3)no2)cs1. The zero-order valence-electron chi connectivity index (χ0n) is 9.30. The minimum absolute atomic E-state index is 0.00162. The number of thiazole rings is 1. The van der Waals surface area contributed by atoms with E-state index in [1.165, 1.54) is 29.5 Å². The van der Waals surface area contributed by atoms with Crippen LogP contribution in [0.15, 0.2) is 28.1 Å². The Morgan fingerprint density at radius 2 is 2.16 bits per heavy atom. The number of aromatic nitrogens is 3. The summed E-state index contributed by atoms with van der Waals surface area (Å²) in [5.41, 5.74) is 6.60. The van der Waals surface area contributed by atoms with Gasteiger partial charge in [0.25, 0.3) is 5.89 Å². The molecule has 0 unspecified atom stereocenters. The molecule has 2 aromatic heterocycles. The molecule has 3 rings (SSSR count). The van der Waals surface area contributed by atoms with Gasteiger partial charge in [0.2, 0.25) is 5.82 Å². The largest absolute Gasteiger partial charge is 0.375 e. The van der Waals surface area contributed by atoms with Crippen molar-refractivity contribution in [3.63, 3.8) is 0 Å². The molecule has 0 saturated heterocycles. The molecule has 2 N–H and O–H groups in total. The first-order valence-corrected chi connectivity index (χ1v) is 6.40. The molecule has 0 atom stereocenters. The maximum atomic E-state index is 13.1. The lowest BCUT2D eigenvalue weighted by Crippen LogP contribution is -1.84. The quantitative estimate of drug-likeness (QED) is 0.785. The standard InChI is InChI=1S/C11H6ClFN4OS/c12-6-3-5(1-2-7(6)13)9-16-10(18-17-9)8-4-19-11(14)15-8/h1-4H,(H2,14,15). The van der Waals surface area contributed by atoms with Gasteiger partial charge < -0.3 is 10.3 Å². The number of rotatable bonds is 2. The molecule has 0 radical (unpaired) electrons. The van der Waals surface area contributed by atoms with E-state index in [2.05, 4.69) is 15.1 Å². The van der Waals surface area contributed by atoms with Crippen LogP contribution in [0, 0.1) is 5.82 Å². The predicted octanol–water partition coefficient (Wildman–Crippen LogP) is 3.23. The van der Waals surface area contributed by atoms with E-state index in [4.69, 9.17) is 21.9 Å². The highest BCUT2D eigenvalue weighted by atomic mass is 35.5. The van der Waals surface area contributed by atoms with Crippen LogP contribution in [0.2, 0.25) is 5.02 Å². The van der Waals surface area contributed by atoms with Crippen LogP contribution in [-0.2, 0) is 0 Å². The first-order valence-electron chi connectivity index (χ1n) is 5.14. The topological polar surface area (TPSA) is 77.8 Å². The van der Waals surface area contributed by atoms with Gasteiger partial charge in [0.1, 0.15) is 11.5 Å². The molecule has 96 valence electrons. The molecule has 0 fully saturated rings. The van der Waals surface area contributed by atoms with Crippen molar-refractivity contribution in [3.05, 3.63) is 34.4 Å². The smallest absolute Gasteiger partial charge is 0.277 e. The average molecular weight is 297 g/mol. The number of hydrogen-bond donors (Lipinski definition) is 1. The Labute approximate surface area is 115 Å². The second-order valence-corrected chi connectivity index (χ2v) is 4.92. The third-order valence-electron chi connectivity index (χ3n) is 2.34. The summed E-state index contributed by atoms with van der Waals surface area (Å²) in [6.45, 7) is 0. The lowest BCUT2D eigenvalue weighted by Gasteiger charge is -1.96. The van der Waals surface area contributed by atoms with E-state index in [0.29, 0.717) is 22.2 Å². The van der Waals surface area contributed by atoms with E-state index in [9.17, 15) is 4.39 Å². The number of nitrogens with two attached hydrogens (primary N) is 1. The number of anilines is 1. The van der Waals surface area contributed by atoms with Crippen LogP contribution in [-0.4, -0.2) is 15.1 Å². The van der Waals surface area contributed by atoms with Crippen molar-refractivity contribution in [1.29, 1.82) is 0 Å². The van der Waals surface area contributed by atoms with Gasteiger partial charge in [-0.1, -0.05) is 16.8 Å². The Morgan fingerprint density at radius 1 is 1.32 bits per heavy atom. The van der Waals surface area contributed by atoms with Crippen molar-refractivity contribution >= 4 is 28.1 Å². The minimum Gasteiger partial charge on any atom is -0.375 e. The molecular weight excluding hydrogens is 291 g/mol. The number of nitrogen functional groups attached to an aromatic ring is 1. The van der Waals surface area contributed by atoms with Gasteiger partial charge >= 0.3 is 0 Å². The third-order valence-corrected chi connectivity index (χ3v) is 3.31. The van der Waals surface area contributed by atoms with Crippen LogP contribution < -0.4 is 5.73 Å². The maximum absolute atomic E-state index is 13.1. The first kappa shape index (κ1) is 12.1. The lowest BCUT2D eigenvalue weighted by molar-refractivity contribution is 0.431. The van der Waals surface area contributed by atoms with Crippen molar-refractivity contribution in [3.8, 4) is 23.0 Å². The Balaban J connectivity index is 1.98. The van der Waals surface area contributed by atoms with Crippen molar-refractivity contribution < 1.29 is 8.91 Å². The monoisotopic (exact) mass is 296 g/mol. The molecule has 0 bridgehead atoms. The summed E-state index contributed by atoms with van der Waals surface area (Å²) in [6.07, 6.45) is 0. The molecule has 0 aliphatic carbocycles. The molecule has 0 aliphatic heterocycles. The fourth-order valence-electron chi connectivity index (χ4n) is 1.47. The number of nitrogens with zero attached hydrogens (tertiary/aromatic N) is 3. The molecule has 5 nitrogen and oxygen atoms in total. The zero-order valence-corrected chi connectivity index (χ0v) is 10.9. The van der Waals surface area contributed by atoms with Crippen LogP contribution in [0.4, 0.5) is 9.52 Å². The summed E-state index contributed by atoms with van der Waals surface area (Å²) >= 11 is 6.98. The average Bonchev–Trinajstić information content (AvgIpc) is 3.01. The molecule has 8 heteroatoms. The van der Waals surface area contributed by atoms with Crippen LogP contribution in [0.25, 0.3) is 23.0 Å². The Morgan fingerprint density at radius 3 is 2.84 bits per heavy atom. The van der Waals surface area contributed by atoms with Crippen molar-refractivity contribution in [2.75, 3.05) is 5.73 Å². The van der Waals surface area contributed by atoms with Gasteiger partial charge in [-0.25, -0.2) is 9.37 Å². The highest BCUT2D eigenvalue weighted by Gasteiger charge is 2.14. The molecule has 0 aliphatic rings. The van der Waals surface area contributed by atoms with Gasteiger partial charge in [0, 0.05) is 10.9 Å². The maximum Gasteiger partial charge on any atom is 0.277 e. The van der Waals surface area contributed by atoms with Crippen molar-refractivity contribution in [1.82, 2.24) is 15.1 Å². The van der Waals surface area contributed by atoms with Gasteiger partial charge in [0.05, 0.1) is 5.02 Å². The van der Waals surface area contributed by atoms with E-state index in [-0.39, 0.29) is 10.9 Å². The molecule has 0 spiro atoms. The number of benzene rings is 1. The highest BCUT2D eigenvalue weighted by molar-refractivity contribution is 7.13. The third kappa shape index (κ3) is 2.29. The molecule has 19 heavy (non-hydrogen) atoms. The molecule has 0 saturated carbocycles. The highest BCUT2D eigenvalue weighted by Crippen LogP contribution is 2.26. The van der Waals surface area contributed by atoms with Crippen LogP contribution in [0.1, 0.15) is 0 Å². The Bertz CT molecular complexity index is 742. The number of halogens is 2. The minimum atomic E-state index is -0.499. The van der Waals surface area contributed by atoms with E-state index < -0.39 is 5.82 Å². The normalized spacial score (nSPS) is 10.8. The van der Waals surface area contributed by atoms with E-state index in [1.807, 2.05) is 0 Å². The van der Waals surface area contributed by atoms with Crippen LogP contribution in [0.3, 0.4) is 0 Å². The van der Waals surface area contributed by atoms with E-state index in [0.717, 1.165) is 0 Å². The van der Waals surface area contributed by atoms with Gasteiger partial charge in [-0.05, 0) is 18.2 Å². The lowest BCUT2D eigenvalue weighted by atomic mass is 10.2. The first-order chi connectivity index (χ1) is 9.13. The van der Waals surface area contributed by atoms with Crippen LogP contribution in [0.5, 0.6) is 0 Å². The summed E-state index contributed by atoms with van der Waals surface area (Å²) in [4.78, 5) is 8.20. The van der Waals surface area contributed by atoms with Gasteiger partial charge in [-0.2, -0.15) is 4.98 Å². The van der Waals surface area contributed by atoms with Crippen molar-refractivity contribution in [2.24, 2.45) is 0 Å². The van der Waals surface area contributed by atoms with Crippen molar-refractivity contribution in [2.45, 2.75) is 0 Å². The summed E-state index contributed by atoms with van der Waals surface area (Å²) in [6, 6.07) is 4.20. The summed E-state index contributed by atoms with van der Waals surface area (Å²) < 4.78 is 18.1. The predicted molar refractivity (Wildman–Crippen MR) is 70.2 cm³/mol. The Kier molecular flexibility index (Phi) is 2.92. The second kappa shape index (κ2) is 4.60. The molecule has 3 aromatic rings. The fraction of sp³-hybridized carbons (Fsp3) is 0. The van der Waals surface area contributed by atoms with Gasteiger partial charge in [0.15, 0.2) is 5.13 Å². The summed E-state index contributed by atoms with van der Waals surface area (Å²) in [7, 11) is 0. The van der Waals surface area contributed by atoms with Gasteiger partial charge in [-0.3, -0.25) is 0 Å². The summed E-state index contributed by atoms with van der Waals surface area (Å²) in [5.74, 6) is 0.0632. The molecular formula is C11H6ClFN4OS.